The number of primary amides is 1. The van der Waals surface area contributed by atoms with Crippen molar-refractivity contribution in [3.8, 4) is 11.8 Å². The molecular weight excluding hydrogens is 446 g/mol. The maximum atomic E-state index is 14.2. The van der Waals surface area contributed by atoms with Crippen LogP contribution in [-0.4, -0.2) is 28.5 Å². The second-order valence-electron chi connectivity index (χ2n) is 5.79. The molecule has 4 N–H and O–H groups in total. The molecule has 0 saturated carbocycles. The Balaban J connectivity index is 2.61. The van der Waals surface area contributed by atoms with Crippen molar-refractivity contribution in [1.29, 1.82) is 5.26 Å². The predicted molar refractivity (Wildman–Crippen MR) is 91.8 cm³/mol. The zero-order chi connectivity index (χ0) is 22.2. The largest absolute Gasteiger partial charge is 0.492 e. The Labute approximate surface area is 163 Å². The number of benzene rings is 1. The van der Waals surface area contributed by atoms with Crippen LogP contribution in [0.15, 0.2) is 12.1 Å². The molecular formula is C15H12F5N2O5PS. The van der Waals surface area contributed by atoms with Gasteiger partial charge in [0, 0.05) is 17.4 Å². The van der Waals surface area contributed by atoms with Crippen molar-refractivity contribution < 1.29 is 45.8 Å². The van der Waals surface area contributed by atoms with Crippen molar-refractivity contribution in [3.63, 3.8) is 0 Å². The molecule has 1 amide bonds. The Bertz CT molecular complexity index is 1040. The second-order valence-corrected chi connectivity index (χ2v) is 8.46. The van der Waals surface area contributed by atoms with Gasteiger partial charge in [0.1, 0.15) is 16.7 Å². The number of ether oxygens (including phenoxy) is 1. The number of nitrogens with zero attached hydrogens (tertiary/aromatic N) is 1. The molecule has 0 saturated heterocycles. The monoisotopic (exact) mass is 458 g/mol. The van der Waals surface area contributed by atoms with E-state index in [1.807, 2.05) is 0 Å². The van der Waals surface area contributed by atoms with Gasteiger partial charge in [0.15, 0.2) is 0 Å². The number of hydrogen-bond acceptors (Lipinski definition) is 5. The van der Waals surface area contributed by atoms with E-state index in [1.54, 1.807) is 0 Å². The van der Waals surface area contributed by atoms with Crippen LogP contribution < -0.4 is 10.5 Å². The number of carbonyl (C=O) groups excluding carboxylic acids is 1. The number of nitriles is 1. The molecule has 0 aliphatic carbocycles. The lowest BCUT2D eigenvalue weighted by Crippen LogP contribution is -2.13. The molecule has 7 nitrogen and oxygen atoms in total. The highest BCUT2D eigenvalue weighted by molar-refractivity contribution is 7.53. The van der Waals surface area contributed by atoms with Crippen molar-refractivity contribution in [2.75, 3.05) is 6.61 Å². The van der Waals surface area contributed by atoms with E-state index in [1.165, 1.54) is 6.07 Å². The number of rotatable bonds is 7. The Morgan fingerprint density at radius 2 is 1.90 bits per heavy atom. The third-order valence-corrected chi connectivity index (χ3v) is 6.05. The molecule has 0 aliphatic heterocycles. The van der Waals surface area contributed by atoms with Crippen molar-refractivity contribution in [2.24, 2.45) is 5.73 Å². The van der Waals surface area contributed by atoms with Gasteiger partial charge in [-0.15, -0.1) is 11.3 Å². The summed E-state index contributed by atoms with van der Waals surface area (Å²) in [5, 5.41) is 8.96. The molecule has 2 rings (SSSR count). The number of fused-ring (bicyclic) bond motifs is 1. The van der Waals surface area contributed by atoms with E-state index in [2.05, 4.69) is 0 Å². The van der Waals surface area contributed by atoms with Gasteiger partial charge in [0.25, 0.3) is 0 Å². The summed E-state index contributed by atoms with van der Waals surface area (Å²) < 4.78 is 81.3. The quantitative estimate of drug-likeness (QED) is 0.328. The molecule has 158 valence electrons. The first-order chi connectivity index (χ1) is 13.2. The van der Waals surface area contributed by atoms with Gasteiger partial charge in [-0.3, -0.25) is 9.36 Å². The van der Waals surface area contributed by atoms with E-state index in [0.29, 0.717) is 0 Å². The molecule has 14 heteroatoms. The molecule has 0 bridgehead atoms. The van der Waals surface area contributed by atoms with Crippen LogP contribution in [0.3, 0.4) is 0 Å². The molecule has 0 atom stereocenters. The molecule has 2 aromatic rings. The Kier molecular flexibility index (Phi) is 6.25. The fraction of sp³-hybridized carbons (Fsp3) is 0.333. The van der Waals surface area contributed by atoms with Gasteiger partial charge in [-0.05, 0) is 18.6 Å². The SMILES string of the molecule is N#Cc1c(C(F)(F)P(=O)(O)O)sc2c(OCCCC(F)(F)F)cc(C(N)=O)cc12. The van der Waals surface area contributed by atoms with Crippen LogP contribution in [0, 0.1) is 11.3 Å². The van der Waals surface area contributed by atoms with E-state index >= 15 is 0 Å². The summed E-state index contributed by atoms with van der Waals surface area (Å²) >= 11 is 0.129. The summed E-state index contributed by atoms with van der Waals surface area (Å²) in [7, 11) is -6.01. The number of halogens is 5. The maximum Gasteiger partial charge on any atom is 0.400 e. The van der Waals surface area contributed by atoms with Crippen LogP contribution in [-0.2, 0) is 10.2 Å². The first kappa shape index (κ1) is 23.0. The van der Waals surface area contributed by atoms with E-state index in [-0.39, 0.29) is 32.7 Å². The summed E-state index contributed by atoms with van der Waals surface area (Å²) in [5.74, 6) is -1.35. The number of nitrogens with two attached hydrogens (primary N) is 1. The Morgan fingerprint density at radius 1 is 1.28 bits per heavy atom. The third-order valence-electron chi connectivity index (χ3n) is 3.65. The second kappa shape index (κ2) is 7.87. The lowest BCUT2D eigenvalue weighted by molar-refractivity contribution is -0.136. The first-order valence-corrected chi connectivity index (χ1v) is 10.1. The summed E-state index contributed by atoms with van der Waals surface area (Å²) in [6.45, 7) is -0.499. The third kappa shape index (κ3) is 4.84. The van der Waals surface area contributed by atoms with Gasteiger partial charge in [-0.25, -0.2) is 0 Å². The van der Waals surface area contributed by atoms with E-state index < -0.39 is 55.2 Å². The van der Waals surface area contributed by atoms with Gasteiger partial charge >= 0.3 is 19.4 Å². The standard InChI is InChI=1S/C15H12F5N2O5PS/c16-14(17,18)2-1-3-27-10-5-7(13(22)23)4-8-9(6-21)12(29-11(8)10)15(19,20)28(24,25)26/h4-5H,1-3H2,(H2,22,23)(H2,24,25,26). The molecule has 0 unspecified atom stereocenters. The van der Waals surface area contributed by atoms with Crippen LogP contribution in [0.4, 0.5) is 22.0 Å². The maximum absolute atomic E-state index is 14.2. The van der Waals surface area contributed by atoms with E-state index in [9.17, 15) is 36.6 Å². The van der Waals surface area contributed by atoms with Crippen LogP contribution in [0.5, 0.6) is 5.75 Å². The van der Waals surface area contributed by atoms with Crippen LogP contribution in [0.2, 0.25) is 0 Å². The minimum atomic E-state index is -6.01. The fourth-order valence-electron chi connectivity index (χ4n) is 2.33. The summed E-state index contributed by atoms with van der Waals surface area (Å²) in [4.78, 5) is 28.1. The Morgan fingerprint density at radius 3 is 2.38 bits per heavy atom. The van der Waals surface area contributed by atoms with Crippen LogP contribution in [0.1, 0.15) is 33.6 Å². The average molecular weight is 458 g/mol. The van der Waals surface area contributed by atoms with Crippen molar-refractivity contribution in [2.45, 2.75) is 24.7 Å². The fourth-order valence-corrected chi connectivity index (χ4v) is 4.27. The molecule has 29 heavy (non-hydrogen) atoms. The minimum Gasteiger partial charge on any atom is -0.492 e. The van der Waals surface area contributed by atoms with Gasteiger partial charge in [-0.1, -0.05) is 0 Å². The first-order valence-electron chi connectivity index (χ1n) is 7.63. The lowest BCUT2D eigenvalue weighted by atomic mass is 10.1. The van der Waals surface area contributed by atoms with Crippen molar-refractivity contribution in [3.05, 3.63) is 28.1 Å². The zero-order valence-electron chi connectivity index (χ0n) is 14.2. The summed E-state index contributed by atoms with van der Waals surface area (Å²) in [6, 6.07) is 3.37. The van der Waals surface area contributed by atoms with Gasteiger partial charge in [0.05, 0.1) is 16.9 Å². The van der Waals surface area contributed by atoms with Gasteiger partial charge < -0.3 is 20.3 Å². The van der Waals surface area contributed by atoms with E-state index in [0.717, 1.165) is 12.1 Å². The number of thiophene rings is 1. The highest BCUT2D eigenvalue weighted by atomic mass is 32.1. The van der Waals surface area contributed by atoms with E-state index in [4.69, 9.17) is 20.3 Å². The van der Waals surface area contributed by atoms with Gasteiger partial charge in [0.2, 0.25) is 5.91 Å². The molecule has 1 heterocycles. The number of hydrogen-bond donors (Lipinski definition) is 3. The number of carbonyl (C=O) groups is 1. The molecule has 0 radical (unpaired) electrons. The average Bonchev–Trinajstić information content (AvgIpc) is 2.95. The summed E-state index contributed by atoms with van der Waals surface area (Å²) in [5.41, 5.74) is -0.655. The topological polar surface area (TPSA) is 134 Å². The zero-order valence-corrected chi connectivity index (χ0v) is 15.9. The molecule has 1 aromatic carbocycles. The number of alkyl halides is 5. The minimum absolute atomic E-state index is 0.129. The molecule has 0 fully saturated rings. The van der Waals surface area contributed by atoms with Crippen LogP contribution in [0.25, 0.3) is 10.1 Å². The Hall–Kier alpha value is -2.26. The smallest absolute Gasteiger partial charge is 0.400 e. The highest BCUT2D eigenvalue weighted by Crippen LogP contribution is 2.62. The predicted octanol–water partition coefficient (Wildman–Crippen LogP) is 3.82. The normalized spacial score (nSPS) is 12.8. The van der Waals surface area contributed by atoms with Crippen LogP contribution >= 0.6 is 18.9 Å². The van der Waals surface area contributed by atoms with Crippen molar-refractivity contribution in [1.82, 2.24) is 0 Å². The van der Waals surface area contributed by atoms with Gasteiger partial charge in [-0.2, -0.15) is 27.2 Å². The molecule has 0 spiro atoms. The number of amides is 1. The summed E-state index contributed by atoms with van der Waals surface area (Å²) in [6.07, 6.45) is -6.10. The van der Waals surface area contributed by atoms with Crippen molar-refractivity contribution >= 4 is 34.9 Å². The molecule has 1 aromatic heterocycles. The lowest BCUT2D eigenvalue weighted by Gasteiger charge is -2.16. The highest BCUT2D eigenvalue weighted by Gasteiger charge is 2.53. The molecule has 0 aliphatic rings.